The summed E-state index contributed by atoms with van der Waals surface area (Å²) in [6.45, 7) is 16.3. The van der Waals surface area contributed by atoms with Crippen LogP contribution in [-0.4, -0.2) is 52.9 Å². The molecule has 1 aliphatic heterocycles. The fraction of sp³-hybridized carbons (Fsp3) is 0.400. The first-order chi connectivity index (χ1) is 17.3. The summed E-state index contributed by atoms with van der Waals surface area (Å²) in [5.74, 6) is 0.102. The van der Waals surface area contributed by atoms with E-state index in [4.69, 9.17) is 0 Å². The smallest absolute Gasteiger partial charge is 0.253 e. The molecule has 1 saturated heterocycles. The molecule has 2 aromatic rings. The van der Waals surface area contributed by atoms with Gasteiger partial charge in [0, 0.05) is 48.3 Å². The van der Waals surface area contributed by atoms with Gasteiger partial charge in [-0.15, -0.1) is 0 Å². The summed E-state index contributed by atoms with van der Waals surface area (Å²) in [5.41, 5.74) is 5.08. The first kappa shape index (κ1) is 27.2. The van der Waals surface area contributed by atoms with Crippen LogP contribution in [0.2, 0.25) is 0 Å². The zero-order valence-corrected chi connectivity index (χ0v) is 22.1. The summed E-state index contributed by atoms with van der Waals surface area (Å²) in [4.78, 5) is 31.8. The molecular weight excluding hydrogens is 448 g/mol. The third kappa shape index (κ3) is 7.31. The number of piperidine rings is 1. The topological polar surface area (TPSA) is 68.4 Å². The average Bonchev–Trinajstić information content (AvgIpc) is 2.89. The molecule has 1 amide bonds. The number of amides is 1. The van der Waals surface area contributed by atoms with E-state index in [-0.39, 0.29) is 11.5 Å². The zero-order valence-electron chi connectivity index (χ0n) is 22.1. The average molecular weight is 489 g/mol. The fourth-order valence-corrected chi connectivity index (χ4v) is 4.64. The van der Waals surface area contributed by atoms with Crippen molar-refractivity contribution in [3.63, 3.8) is 0 Å². The predicted octanol–water partition coefficient (Wildman–Crippen LogP) is 5.69. The highest BCUT2D eigenvalue weighted by atomic mass is 16.2. The molecule has 0 atom stereocenters. The number of hydrogen-bond acceptors (Lipinski definition) is 4. The summed E-state index contributed by atoms with van der Waals surface area (Å²) in [6.07, 6.45) is 8.81. The van der Waals surface area contributed by atoms with Crippen LogP contribution in [-0.2, 0) is 0 Å². The Labute approximate surface area is 215 Å². The number of anilines is 1. The number of carbonyl (C=O) groups is 1. The van der Waals surface area contributed by atoms with Crippen molar-refractivity contribution in [1.29, 1.82) is 0 Å². The number of benzene rings is 1. The lowest BCUT2D eigenvalue weighted by molar-refractivity contribution is 0.0625. The molecule has 192 valence electrons. The molecule has 2 N–H and O–H groups in total. The van der Waals surface area contributed by atoms with E-state index in [2.05, 4.69) is 35.6 Å². The number of aromatic amines is 1. The third-order valence-electron chi connectivity index (χ3n) is 6.79. The molecule has 3 rings (SSSR count). The van der Waals surface area contributed by atoms with E-state index in [1.165, 1.54) is 6.42 Å². The SMILES string of the molecule is C=C(C)/C(=C\C=C(/C)c1cc[nH]c(=O)c1)Nc1ccc(C(=O)N2CCC(N(CC)CCC)CC2)cc1. The molecule has 6 nitrogen and oxygen atoms in total. The van der Waals surface area contributed by atoms with Crippen LogP contribution in [0.25, 0.3) is 5.57 Å². The molecule has 0 aliphatic carbocycles. The van der Waals surface area contributed by atoms with Crippen molar-refractivity contribution in [3.05, 3.63) is 94.1 Å². The van der Waals surface area contributed by atoms with Gasteiger partial charge in [-0.25, -0.2) is 0 Å². The fourth-order valence-electron chi connectivity index (χ4n) is 4.64. The summed E-state index contributed by atoms with van der Waals surface area (Å²) in [7, 11) is 0. The van der Waals surface area contributed by atoms with Crippen LogP contribution >= 0.6 is 0 Å². The molecule has 1 aromatic heterocycles. The molecule has 0 bridgehead atoms. The maximum atomic E-state index is 13.1. The van der Waals surface area contributed by atoms with Crippen molar-refractivity contribution in [2.45, 2.75) is 53.0 Å². The molecule has 1 fully saturated rings. The van der Waals surface area contributed by atoms with Gasteiger partial charge in [0.15, 0.2) is 0 Å². The van der Waals surface area contributed by atoms with Crippen LogP contribution in [0.5, 0.6) is 0 Å². The van der Waals surface area contributed by atoms with E-state index in [0.29, 0.717) is 11.6 Å². The van der Waals surface area contributed by atoms with Gasteiger partial charge in [-0.3, -0.25) is 9.59 Å². The van der Waals surface area contributed by atoms with E-state index < -0.39 is 0 Å². The Hall–Kier alpha value is -3.38. The number of carbonyl (C=O) groups excluding carboxylic acids is 1. The largest absolute Gasteiger partial charge is 0.355 e. The Morgan fingerprint density at radius 1 is 1.11 bits per heavy atom. The highest BCUT2D eigenvalue weighted by Crippen LogP contribution is 2.21. The Bertz CT molecular complexity index is 1150. The molecule has 0 saturated carbocycles. The number of aromatic nitrogens is 1. The standard InChI is InChI=1S/C30H40N4O2/c1-6-18-33(7-2)27-15-19-34(20-16-27)30(36)24-9-11-26(12-10-24)32-28(22(3)4)13-8-23(5)25-14-17-31-29(35)21-25/h8-14,17,21,27,32H,3,6-7,15-16,18-20H2,1-2,4-5H3,(H,31,35)/b23-8+,28-13+. The Kier molecular flexibility index (Phi) is 9.88. The number of allylic oxidation sites excluding steroid dienone is 4. The maximum absolute atomic E-state index is 13.1. The van der Waals surface area contributed by atoms with E-state index in [9.17, 15) is 9.59 Å². The molecule has 0 radical (unpaired) electrons. The highest BCUT2D eigenvalue weighted by molar-refractivity contribution is 5.94. The molecule has 6 heteroatoms. The van der Waals surface area contributed by atoms with Crippen molar-refractivity contribution < 1.29 is 4.79 Å². The minimum absolute atomic E-state index is 0.102. The number of nitrogens with zero attached hydrogens (tertiary/aromatic N) is 2. The summed E-state index contributed by atoms with van der Waals surface area (Å²) < 4.78 is 0. The number of pyridine rings is 1. The minimum Gasteiger partial charge on any atom is -0.355 e. The van der Waals surface area contributed by atoms with Crippen LogP contribution in [0.15, 0.2) is 77.4 Å². The van der Waals surface area contributed by atoms with Gasteiger partial charge in [-0.2, -0.15) is 0 Å². The number of nitrogens with one attached hydrogen (secondary N) is 2. The second-order valence-corrected chi connectivity index (χ2v) is 9.51. The lowest BCUT2D eigenvalue weighted by Gasteiger charge is -2.38. The van der Waals surface area contributed by atoms with Gasteiger partial charge in [-0.1, -0.05) is 26.5 Å². The van der Waals surface area contributed by atoms with Crippen LogP contribution in [0.3, 0.4) is 0 Å². The van der Waals surface area contributed by atoms with Crippen LogP contribution < -0.4 is 10.9 Å². The van der Waals surface area contributed by atoms with Gasteiger partial charge in [-0.05, 0) is 99.3 Å². The second kappa shape index (κ2) is 13.1. The van der Waals surface area contributed by atoms with Gasteiger partial charge in [0.05, 0.1) is 0 Å². The van der Waals surface area contributed by atoms with Gasteiger partial charge >= 0.3 is 0 Å². The monoisotopic (exact) mass is 488 g/mol. The van der Waals surface area contributed by atoms with Gasteiger partial charge in [0.2, 0.25) is 5.56 Å². The quantitative estimate of drug-likeness (QED) is 0.422. The van der Waals surface area contributed by atoms with Gasteiger partial charge in [0.25, 0.3) is 5.91 Å². The predicted molar refractivity (Wildman–Crippen MR) is 150 cm³/mol. The first-order valence-electron chi connectivity index (χ1n) is 13.0. The normalized spacial score (nSPS) is 15.3. The number of H-pyrrole nitrogens is 1. The Balaban J connectivity index is 1.63. The van der Waals surface area contributed by atoms with E-state index in [1.807, 2.05) is 61.2 Å². The molecule has 1 aliphatic rings. The van der Waals surface area contributed by atoms with Gasteiger partial charge < -0.3 is 20.1 Å². The summed E-state index contributed by atoms with van der Waals surface area (Å²) in [6, 6.07) is 11.7. The minimum atomic E-state index is -0.124. The van der Waals surface area contributed by atoms with E-state index in [1.54, 1.807) is 12.3 Å². The maximum Gasteiger partial charge on any atom is 0.253 e. The zero-order chi connectivity index (χ0) is 26.1. The molecule has 0 unspecified atom stereocenters. The molecule has 2 heterocycles. The Morgan fingerprint density at radius 3 is 2.39 bits per heavy atom. The number of hydrogen-bond donors (Lipinski definition) is 2. The Morgan fingerprint density at radius 2 is 1.81 bits per heavy atom. The molecule has 36 heavy (non-hydrogen) atoms. The lowest BCUT2D eigenvalue weighted by Crippen LogP contribution is -2.46. The highest BCUT2D eigenvalue weighted by Gasteiger charge is 2.26. The summed E-state index contributed by atoms with van der Waals surface area (Å²) >= 11 is 0. The van der Waals surface area contributed by atoms with Crippen LogP contribution in [0, 0.1) is 0 Å². The molecular formula is C30H40N4O2. The first-order valence-corrected chi connectivity index (χ1v) is 13.0. The van der Waals surface area contributed by atoms with E-state index in [0.717, 1.165) is 67.1 Å². The molecule has 0 spiro atoms. The number of likely N-dealkylation sites (tertiary alicyclic amines) is 1. The lowest BCUT2D eigenvalue weighted by atomic mass is 10.0. The van der Waals surface area contributed by atoms with Crippen LogP contribution in [0.4, 0.5) is 5.69 Å². The molecule has 1 aromatic carbocycles. The van der Waals surface area contributed by atoms with Gasteiger partial charge in [0.1, 0.15) is 0 Å². The van der Waals surface area contributed by atoms with Crippen molar-refractivity contribution in [1.82, 2.24) is 14.8 Å². The number of rotatable bonds is 10. The second-order valence-electron chi connectivity index (χ2n) is 9.51. The summed E-state index contributed by atoms with van der Waals surface area (Å²) in [5, 5.41) is 3.40. The van der Waals surface area contributed by atoms with E-state index >= 15 is 0 Å². The van der Waals surface area contributed by atoms with Crippen molar-refractivity contribution >= 4 is 17.2 Å². The van der Waals surface area contributed by atoms with Crippen molar-refractivity contribution in [3.8, 4) is 0 Å². The third-order valence-corrected chi connectivity index (χ3v) is 6.79. The van der Waals surface area contributed by atoms with Crippen molar-refractivity contribution in [2.24, 2.45) is 0 Å². The van der Waals surface area contributed by atoms with Crippen LogP contribution in [0.1, 0.15) is 62.9 Å². The van der Waals surface area contributed by atoms with Crippen molar-refractivity contribution in [2.75, 3.05) is 31.5 Å².